The Morgan fingerprint density at radius 1 is 1.03 bits per heavy atom. The van der Waals surface area contributed by atoms with E-state index in [1.54, 1.807) is 20.5 Å². The fourth-order valence-corrected chi connectivity index (χ4v) is 3.57. The number of morpholine rings is 1. The molecule has 0 bridgehead atoms. The average molecular weight is 425 g/mol. The van der Waals surface area contributed by atoms with Crippen LogP contribution in [-0.2, 0) is 4.74 Å². The van der Waals surface area contributed by atoms with Gasteiger partial charge in [0.15, 0.2) is 11.5 Å². The lowest BCUT2D eigenvalue weighted by Gasteiger charge is -2.26. The highest BCUT2D eigenvalue weighted by Gasteiger charge is 2.13. The minimum Gasteiger partial charge on any atom is -0.497 e. The molecule has 1 aliphatic heterocycles. The quantitative estimate of drug-likeness (QED) is 0.523. The molecule has 3 aromatic rings. The molecule has 1 aliphatic rings. The Morgan fingerprint density at radius 2 is 1.90 bits per heavy atom. The number of hydrogen-bond donors (Lipinski definition) is 1. The SMILES string of the molecule is COc1cccc(Nc2ncnc3cc(OCCCN4CCOCC4)c(OC)cc23)c1. The van der Waals surface area contributed by atoms with Gasteiger partial charge in [0.1, 0.15) is 17.9 Å². The summed E-state index contributed by atoms with van der Waals surface area (Å²) < 4.78 is 22.3. The molecular formula is C23H28N4O4. The largest absolute Gasteiger partial charge is 0.497 e. The molecule has 2 aromatic carbocycles. The van der Waals surface area contributed by atoms with Gasteiger partial charge in [-0.1, -0.05) is 6.07 Å². The molecule has 8 nitrogen and oxygen atoms in total. The van der Waals surface area contributed by atoms with Gasteiger partial charge in [-0.2, -0.15) is 0 Å². The van der Waals surface area contributed by atoms with Crippen LogP contribution in [0.5, 0.6) is 17.2 Å². The lowest BCUT2D eigenvalue weighted by molar-refractivity contribution is 0.0357. The number of fused-ring (bicyclic) bond motifs is 1. The van der Waals surface area contributed by atoms with Crippen molar-refractivity contribution in [1.82, 2.24) is 14.9 Å². The Hall–Kier alpha value is -3.10. The molecule has 1 N–H and O–H groups in total. The number of hydrogen-bond acceptors (Lipinski definition) is 8. The van der Waals surface area contributed by atoms with Crippen LogP contribution in [0.15, 0.2) is 42.7 Å². The van der Waals surface area contributed by atoms with Gasteiger partial charge in [-0.3, -0.25) is 4.90 Å². The number of anilines is 2. The van der Waals surface area contributed by atoms with Crippen LogP contribution in [0.25, 0.3) is 10.9 Å². The summed E-state index contributed by atoms with van der Waals surface area (Å²) in [4.78, 5) is 11.2. The first kappa shape index (κ1) is 21.1. The average Bonchev–Trinajstić information content (AvgIpc) is 2.82. The molecular weight excluding hydrogens is 396 g/mol. The van der Waals surface area contributed by atoms with E-state index in [1.807, 2.05) is 36.4 Å². The molecule has 2 heterocycles. The van der Waals surface area contributed by atoms with E-state index in [9.17, 15) is 0 Å². The second kappa shape index (κ2) is 10.3. The fourth-order valence-electron chi connectivity index (χ4n) is 3.57. The van der Waals surface area contributed by atoms with Gasteiger partial charge in [0, 0.05) is 42.8 Å². The number of nitrogens with zero attached hydrogens (tertiary/aromatic N) is 3. The molecule has 31 heavy (non-hydrogen) atoms. The van der Waals surface area contributed by atoms with Crippen LogP contribution in [-0.4, -0.2) is 68.5 Å². The second-order valence-corrected chi connectivity index (χ2v) is 7.26. The zero-order valence-corrected chi connectivity index (χ0v) is 18.0. The van der Waals surface area contributed by atoms with Gasteiger partial charge in [-0.25, -0.2) is 9.97 Å². The summed E-state index contributed by atoms with van der Waals surface area (Å²) in [5.41, 5.74) is 1.66. The van der Waals surface area contributed by atoms with E-state index in [0.717, 1.165) is 61.6 Å². The van der Waals surface area contributed by atoms with Crippen molar-refractivity contribution < 1.29 is 18.9 Å². The maximum atomic E-state index is 6.04. The maximum absolute atomic E-state index is 6.04. The molecule has 0 spiro atoms. The summed E-state index contributed by atoms with van der Waals surface area (Å²) in [6.07, 6.45) is 2.48. The summed E-state index contributed by atoms with van der Waals surface area (Å²) in [7, 11) is 3.28. The fraction of sp³-hybridized carbons (Fsp3) is 0.391. The minimum atomic E-state index is 0.610. The number of ether oxygens (including phenoxy) is 4. The van der Waals surface area contributed by atoms with Crippen LogP contribution in [0.2, 0.25) is 0 Å². The van der Waals surface area contributed by atoms with Crippen LogP contribution < -0.4 is 19.5 Å². The van der Waals surface area contributed by atoms with Gasteiger partial charge in [-0.05, 0) is 24.6 Å². The number of methoxy groups -OCH3 is 2. The summed E-state index contributed by atoms with van der Waals surface area (Å²) in [6.45, 7) is 5.20. The van der Waals surface area contributed by atoms with Gasteiger partial charge < -0.3 is 24.3 Å². The van der Waals surface area contributed by atoms with E-state index < -0.39 is 0 Å². The predicted molar refractivity (Wildman–Crippen MR) is 120 cm³/mol. The third kappa shape index (κ3) is 5.34. The molecule has 0 atom stereocenters. The summed E-state index contributed by atoms with van der Waals surface area (Å²) in [6, 6.07) is 11.5. The lowest BCUT2D eigenvalue weighted by Crippen LogP contribution is -2.37. The highest BCUT2D eigenvalue weighted by Crippen LogP contribution is 2.35. The monoisotopic (exact) mass is 424 g/mol. The molecule has 0 aliphatic carbocycles. The molecule has 164 valence electrons. The van der Waals surface area contributed by atoms with E-state index in [0.29, 0.717) is 23.9 Å². The molecule has 8 heteroatoms. The second-order valence-electron chi connectivity index (χ2n) is 7.26. The maximum Gasteiger partial charge on any atom is 0.163 e. The zero-order valence-electron chi connectivity index (χ0n) is 18.0. The van der Waals surface area contributed by atoms with E-state index in [-0.39, 0.29) is 0 Å². The Morgan fingerprint density at radius 3 is 2.71 bits per heavy atom. The minimum absolute atomic E-state index is 0.610. The Kier molecular flexibility index (Phi) is 7.01. The van der Waals surface area contributed by atoms with Gasteiger partial charge in [-0.15, -0.1) is 0 Å². The normalized spacial score (nSPS) is 14.4. The van der Waals surface area contributed by atoms with Crippen LogP contribution in [0.4, 0.5) is 11.5 Å². The number of benzene rings is 2. The highest BCUT2D eigenvalue weighted by molar-refractivity contribution is 5.93. The summed E-state index contributed by atoms with van der Waals surface area (Å²) in [5, 5.41) is 4.19. The lowest BCUT2D eigenvalue weighted by atomic mass is 10.2. The Balaban J connectivity index is 1.48. The number of aromatic nitrogens is 2. The number of rotatable bonds is 9. The third-order valence-corrected chi connectivity index (χ3v) is 5.23. The molecule has 1 fully saturated rings. The van der Waals surface area contributed by atoms with Crippen LogP contribution in [0, 0.1) is 0 Å². The first-order valence-corrected chi connectivity index (χ1v) is 10.4. The first-order chi connectivity index (χ1) is 15.3. The van der Waals surface area contributed by atoms with Crippen LogP contribution in [0.3, 0.4) is 0 Å². The molecule has 4 rings (SSSR count). The van der Waals surface area contributed by atoms with Gasteiger partial charge in [0.2, 0.25) is 0 Å². The standard InChI is InChI=1S/C23H28N4O4/c1-28-18-6-3-5-17(13-18)26-23-19-14-21(29-2)22(15-20(19)24-16-25-23)31-10-4-7-27-8-11-30-12-9-27/h3,5-6,13-16H,4,7-12H2,1-2H3,(H,24,25,26). The van der Waals surface area contributed by atoms with Crippen molar-refractivity contribution in [3.05, 3.63) is 42.7 Å². The molecule has 1 saturated heterocycles. The zero-order chi connectivity index (χ0) is 21.5. The van der Waals surface area contributed by atoms with E-state index >= 15 is 0 Å². The topological polar surface area (TPSA) is 78.0 Å². The van der Waals surface area contributed by atoms with Crippen molar-refractivity contribution in [3.8, 4) is 17.2 Å². The van der Waals surface area contributed by atoms with E-state index in [1.165, 1.54) is 0 Å². The predicted octanol–water partition coefficient (Wildman–Crippen LogP) is 3.49. The Labute approximate surface area is 182 Å². The van der Waals surface area contributed by atoms with Crippen molar-refractivity contribution in [2.75, 3.05) is 59.0 Å². The van der Waals surface area contributed by atoms with Crippen LogP contribution in [0.1, 0.15) is 6.42 Å². The third-order valence-electron chi connectivity index (χ3n) is 5.23. The van der Waals surface area contributed by atoms with E-state index in [2.05, 4.69) is 20.2 Å². The van der Waals surface area contributed by atoms with Crippen molar-refractivity contribution in [2.45, 2.75) is 6.42 Å². The molecule has 1 aromatic heterocycles. The number of nitrogens with one attached hydrogen (secondary N) is 1. The van der Waals surface area contributed by atoms with Crippen molar-refractivity contribution in [3.63, 3.8) is 0 Å². The molecule has 0 saturated carbocycles. The highest BCUT2D eigenvalue weighted by atomic mass is 16.5. The van der Waals surface area contributed by atoms with Gasteiger partial charge >= 0.3 is 0 Å². The smallest absolute Gasteiger partial charge is 0.163 e. The molecule has 0 amide bonds. The van der Waals surface area contributed by atoms with Gasteiger partial charge in [0.25, 0.3) is 0 Å². The van der Waals surface area contributed by atoms with Crippen molar-refractivity contribution in [1.29, 1.82) is 0 Å². The van der Waals surface area contributed by atoms with Crippen LogP contribution >= 0.6 is 0 Å². The molecule has 0 unspecified atom stereocenters. The van der Waals surface area contributed by atoms with Crippen molar-refractivity contribution >= 4 is 22.4 Å². The van der Waals surface area contributed by atoms with Gasteiger partial charge in [0.05, 0.1) is 39.6 Å². The molecule has 0 radical (unpaired) electrons. The summed E-state index contributed by atoms with van der Waals surface area (Å²) in [5.74, 6) is 2.80. The Bertz CT molecular complexity index is 1010. The van der Waals surface area contributed by atoms with Crippen molar-refractivity contribution in [2.24, 2.45) is 0 Å². The van der Waals surface area contributed by atoms with E-state index in [4.69, 9.17) is 18.9 Å². The summed E-state index contributed by atoms with van der Waals surface area (Å²) >= 11 is 0. The first-order valence-electron chi connectivity index (χ1n) is 10.4.